The molecule has 33 heavy (non-hydrogen) atoms. The first-order valence-corrected chi connectivity index (χ1v) is 11.6. The Morgan fingerprint density at radius 2 is 1.33 bits per heavy atom. The van der Waals surface area contributed by atoms with Crippen LogP contribution in [0.5, 0.6) is 0 Å². The molecule has 0 atom stereocenters. The Labute approximate surface area is 193 Å². The lowest BCUT2D eigenvalue weighted by atomic mass is 10.00. The Bertz CT molecular complexity index is 1740. The highest BCUT2D eigenvalue weighted by molar-refractivity contribution is 6.09. The van der Waals surface area contributed by atoms with Gasteiger partial charge in [0.1, 0.15) is 0 Å². The molecule has 0 fully saturated rings. The molecule has 1 aliphatic carbocycles. The maximum absolute atomic E-state index is 2.42. The van der Waals surface area contributed by atoms with Crippen LogP contribution in [-0.4, -0.2) is 9.13 Å². The molecular weight excluding hydrogens is 400 g/mol. The van der Waals surface area contributed by atoms with Gasteiger partial charge < -0.3 is 9.13 Å². The fraction of sp³-hybridized carbons (Fsp3) is 0.0968. The van der Waals surface area contributed by atoms with E-state index in [1.54, 1.807) is 0 Å². The molecule has 6 aromatic rings. The summed E-state index contributed by atoms with van der Waals surface area (Å²) in [4.78, 5) is 0. The first-order chi connectivity index (χ1) is 16.2. The molecule has 0 radical (unpaired) electrons. The molecule has 0 amide bonds. The van der Waals surface area contributed by atoms with Crippen molar-refractivity contribution in [3.8, 4) is 16.8 Å². The minimum Gasteiger partial charge on any atom is -0.344 e. The average molecular weight is 425 g/mol. The van der Waals surface area contributed by atoms with E-state index in [0.717, 1.165) is 6.42 Å². The number of aromatic nitrogens is 2. The Kier molecular flexibility index (Phi) is 3.78. The van der Waals surface area contributed by atoms with E-state index in [9.17, 15) is 0 Å². The van der Waals surface area contributed by atoms with Crippen LogP contribution < -0.4 is 0 Å². The predicted octanol–water partition coefficient (Wildman–Crippen LogP) is 7.82. The van der Waals surface area contributed by atoms with E-state index in [0.29, 0.717) is 0 Å². The highest BCUT2D eigenvalue weighted by Crippen LogP contribution is 2.38. The first-order valence-electron chi connectivity index (χ1n) is 11.6. The van der Waals surface area contributed by atoms with Crippen LogP contribution >= 0.6 is 0 Å². The Morgan fingerprint density at radius 1 is 0.667 bits per heavy atom. The summed E-state index contributed by atoms with van der Waals surface area (Å²) in [7, 11) is 2.16. The normalized spacial score (nSPS) is 12.9. The van der Waals surface area contributed by atoms with Gasteiger partial charge in [-0.3, -0.25) is 0 Å². The van der Waals surface area contributed by atoms with Gasteiger partial charge in [-0.2, -0.15) is 0 Å². The zero-order chi connectivity index (χ0) is 22.1. The maximum Gasteiger partial charge on any atom is 0.0538 e. The monoisotopic (exact) mass is 424 g/mol. The number of nitrogens with zero attached hydrogens (tertiary/aromatic N) is 2. The van der Waals surface area contributed by atoms with Gasteiger partial charge in [-0.1, -0.05) is 54.1 Å². The lowest BCUT2D eigenvalue weighted by Crippen LogP contribution is -1.98. The van der Waals surface area contributed by atoms with Crippen LogP contribution in [0, 0.1) is 6.92 Å². The van der Waals surface area contributed by atoms with Gasteiger partial charge >= 0.3 is 0 Å². The number of hydrogen-bond donors (Lipinski definition) is 0. The van der Waals surface area contributed by atoms with Gasteiger partial charge in [0, 0.05) is 57.6 Å². The summed E-state index contributed by atoms with van der Waals surface area (Å²) in [6.07, 6.45) is 5.55. The molecular formula is C31H24N2. The van der Waals surface area contributed by atoms with Crippen LogP contribution in [0.15, 0.2) is 91.0 Å². The Hall–Kier alpha value is -4.04. The van der Waals surface area contributed by atoms with E-state index in [1.807, 2.05) is 0 Å². The molecule has 4 aromatic carbocycles. The third kappa shape index (κ3) is 2.61. The number of aryl methyl sites for hydroxylation is 2. The summed E-state index contributed by atoms with van der Waals surface area (Å²) < 4.78 is 4.72. The second-order valence-corrected chi connectivity index (χ2v) is 9.18. The number of benzene rings is 4. The average Bonchev–Trinajstić information content (AvgIpc) is 3.51. The third-order valence-corrected chi connectivity index (χ3v) is 7.21. The van der Waals surface area contributed by atoms with Crippen LogP contribution in [0.2, 0.25) is 0 Å². The van der Waals surface area contributed by atoms with Gasteiger partial charge in [0.2, 0.25) is 0 Å². The lowest BCUT2D eigenvalue weighted by molar-refractivity contribution is 1.01. The molecule has 2 heterocycles. The highest BCUT2D eigenvalue weighted by atomic mass is 15.0. The SMILES string of the molecule is Cc1ccc2c(c1)c1cc(-c3ccc4c(c3)c3c(n4-c4ccccc4)CC=C3)ccc1n2C. The second-order valence-electron chi connectivity index (χ2n) is 9.18. The fourth-order valence-corrected chi connectivity index (χ4v) is 5.61. The summed E-state index contributed by atoms with van der Waals surface area (Å²) >= 11 is 0. The lowest BCUT2D eigenvalue weighted by Gasteiger charge is -2.10. The number of rotatable bonds is 2. The number of hydrogen-bond acceptors (Lipinski definition) is 0. The molecule has 0 bridgehead atoms. The van der Waals surface area contributed by atoms with Crippen LogP contribution in [0.25, 0.3) is 55.6 Å². The van der Waals surface area contributed by atoms with Crippen LogP contribution in [0.3, 0.4) is 0 Å². The Morgan fingerprint density at radius 3 is 2.12 bits per heavy atom. The van der Waals surface area contributed by atoms with Crippen molar-refractivity contribution in [3.05, 3.63) is 108 Å². The highest BCUT2D eigenvalue weighted by Gasteiger charge is 2.19. The number of allylic oxidation sites excluding steroid dienone is 1. The summed E-state index contributed by atoms with van der Waals surface area (Å²) in [5.74, 6) is 0. The Balaban J connectivity index is 1.45. The van der Waals surface area contributed by atoms with Crippen molar-refractivity contribution in [2.24, 2.45) is 7.05 Å². The summed E-state index contributed by atoms with van der Waals surface area (Å²) in [6.45, 7) is 2.17. The van der Waals surface area contributed by atoms with Crippen molar-refractivity contribution in [1.29, 1.82) is 0 Å². The summed E-state index contributed by atoms with van der Waals surface area (Å²) in [5.41, 5.74) is 11.6. The molecule has 7 rings (SSSR count). The van der Waals surface area contributed by atoms with Gasteiger partial charge in [-0.25, -0.2) is 0 Å². The largest absolute Gasteiger partial charge is 0.344 e. The van der Waals surface area contributed by atoms with Gasteiger partial charge in [0.15, 0.2) is 0 Å². The van der Waals surface area contributed by atoms with E-state index >= 15 is 0 Å². The topological polar surface area (TPSA) is 9.86 Å². The van der Waals surface area contributed by atoms with Crippen LogP contribution in [-0.2, 0) is 13.5 Å². The molecule has 2 heteroatoms. The summed E-state index contributed by atoms with van der Waals surface area (Å²) in [5, 5.41) is 3.98. The number of fused-ring (bicyclic) bond motifs is 6. The fourth-order valence-electron chi connectivity index (χ4n) is 5.61. The predicted molar refractivity (Wildman–Crippen MR) is 140 cm³/mol. The molecule has 0 saturated carbocycles. The third-order valence-electron chi connectivity index (χ3n) is 7.21. The minimum atomic E-state index is 0.982. The van der Waals surface area contributed by atoms with Gasteiger partial charge in [-0.15, -0.1) is 0 Å². The molecule has 158 valence electrons. The smallest absolute Gasteiger partial charge is 0.0538 e. The molecule has 0 N–H and O–H groups in total. The van der Waals surface area contributed by atoms with Crippen molar-refractivity contribution < 1.29 is 0 Å². The quantitative estimate of drug-likeness (QED) is 0.268. The standard InChI is InChI=1S/C31H24N2/c1-20-11-14-28-25(17-20)27-19-21(12-15-29(27)32(28)2)22-13-16-31-26(18-22)24-9-6-10-30(24)33(31)23-7-4-3-5-8-23/h3-9,11-19H,10H2,1-2H3. The van der Waals surface area contributed by atoms with Crippen LogP contribution in [0.1, 0.15) is 16.8 Å². The van der Waals surface area contributed by atoms with E-state index in [2.05, 4.69) is 120 Å². The van der Waals surface area contributed by atoms with Gasteiger partial charge in [0.25, 0.3) is 0 Å². The molecule has 1 aliphatic rings. The second kappa shape index (κ2) is 6.73. The van der Waals surface area contributed by atoms with E-state index in [4.69, 9.17) is 0 Å². The van der Waals surface area contributed by atoms with E-state index in [1.165, 1.54) is 66.3 Å². The molecule has 0 saturated heterocycles. The first kappa shape index (κ1) is 18.5. The molecule has 0 spiro atoms. The van der Waals surface area contributed by atoms with Crippen LogP contribution in [0.4, 0.5) is 0 Å². The van der Waals surface area contributed by atoms with Crippen molar-refractivity contribution in [1.82, 2.24) is 9.13 Å². The minimum absolute atomic E-state index is 0.982. The van der Waals surface area contributed by atoms with Gasteiger partial charge in [-0.05, 0) is 66.6 Å². The van der Waals surface area contributed by atoms with E-state index in [-0.39, 0.29) is 0 Å². The van der Waals surface area contributed by atoms with Crippen molar-refractivity contribution in [3.63, 3.8) is 0 Å². The van der Waals surface area contributed by atoms with Gasteiger partial charge in [0.05, 0.1) is 5.52 Å². The molecule has 0 unspecified atom stereocenters. The number of para-hydroxylation sites is 1. The maximum atomic E-state index is 2.42. The molecule has 2 nitrogen and oxygen atoms in total. The van der Waals surface area contributed by atoms with Crippen molar-refractivity contribution in [2.45, 2.75) is 13.3 Å². The zero-order valence-electron chi connectivity index (χ0n) is 18.8. The molecule has 0 aliphatic heterocycles. The molecule has 2 aromatic heterocycles. The van der Waals surface area contributed by atoms with Crippen molar-refractivity contribution >= 4 is 38.8 Å². The summed E-state index contributed by atoms with van der Waals surface area (Å²) in [6, 6.07) is 31.3. The van der Waals surface area contributed by atoms with Crippen molar-refractivity contribution in [2.75, 3.05) is 0 Å². The van der Waals surface area contributed by atoms with E-state index < -0.39 is 0 Å². The zero-order valence-corrected chi connectivity index (χ0v) is 18.8.